The average molecular weight is 386 g/mol. The van der Waals surface area contributed by atoms with Gasteiger partial charge < -0.3 is 5.32 Å². The molecule has 0 aliphatic heterocycles. The minimum absolute atomic E-state index is 0.409. The Morgan fingerprint density at radius 3 is 1.83 bits per heavy atom. The minimum atomic E-state index is 0.409. The Bertz CT molecular complexity index is 818. The van der Waals surface area contributed by atoms with Gasteiger partial charge in [0, 0.05) is 17.3 Å². The van der Waals surface area contributed by atoms with Gasteiger partial charge >= 0.3 is 0 Å². The zero-order valence-electron chi connectivity index (χ0n) is 18.0. The van der Waals surface area contributed by atoms with Crippen molar-refractivity contribution in [1.29, 1.82) is 0 Å². The van der Waals surface area contributed by atoms with Crippen LogP contribution in [0.2, 0.25) is 0 Å². The van der Waals surface area contributed by atoms with Crippen LogP contribution in [0.4, 0.5) is 11.4 Å². The van der Waals surface area contributed by atoms with Crippen molar-refractivity contribution in [2.75, 3.05) is 5.32 Å². The molecule has 0 spiro atoms. The maximum absolute atomic E-state index is 3.53. The monoisotopic (exact) mass is 385 g/mol. The fourth-order valence-corrected chi connectivity index (χ4v) is 3.82. The molecule has 0 aliphatic rings. The van der Waals surface area contributed by atoms with E-state index in [0.717, 1.165) is 11.4 Å². The molecule has 0 aromatic heterocycles. The molecule has 0 bridgehead atoms. The summed E-state index contributed by atoms with van der Waals surface area (Å²) in [5.41, 5.74) is 6.43. The molecule has 1 N–H and O–H groups in total. The van der Waals surface area contributed by atoms with Crippen LogP contribution in [0.3, 0.4) is 0 Å². The molecule has 29 heavy (non-hydrogen) atoms. The third-order valence-electron chi connectivity index (χ3n) is 5.77. The first-order valence-corrected chi connectivity index (χ1v) is 11.3. The van der Waals surface area contributed by atoms with Crippen LogP contribution in [0.5, 0.6) is 0 Å². The number of benzene rings is 3. The highest BCUT2D eigenvalue weighted by atomic mass is 14.9. The lowest BCUT2D eigenvalue weighted by atomic mass is 9.93. The topological polar surface area (TPSA) is 12.0 Å². The summed E-state index contributed by atoms with van der Waals surface area (Å²) in [7, 11) is 0. The highest BCUT2D eigenvalue weighted by Crippen LogP contribution is 2.26. The molecule has 3 rings (SSSR count). The summed E-state index contributed by atoms with van der Waals surface area (Å²) in [5, 5.41) is 3.53. The van der Waals surface area contributed by atoms with Crippen molar-refractivity contribution in [3.8, 4) is 0 Å². The summed E-state index contributed by atoms with van der Waals surface area (Å²) in [6.45, 7) is 4.54. The Labute approximate surface area is 177 Å². The average Bonchev–Trinajstić information content (AvgIpc) is 2.78. The Balaban J connectivity index is 1.48. The van der Waals surface area contributed by atoms with Crippen molar-refractivity contribution in [2.45, 2.75) is 64.7 Å². The first-order chi connectivity index (χ1) is 14.3. The molecule has 0 aliphatic carbocycles. The van der Waals surface area contributed by atoms with Gasteiger partial charge in [-0.1, -0.05) is 101 Å². The van der Waals surface area contributed by atoms with Gasteiger partial charge in [-0.3, -0.25) is 0 Å². The number of unbranched alkanes of at least 4 members (excludes halogenated alkanes) is 5. The van der Waals surface area contributed by atoms with Gasteiger partial charge in [0.1, 0.15) is 0 Å². The van der Waals surface area contributed by atoms with E-state index in [9.17, 15) is 0 Å². The van der Waals surface area contributed by atoms with E-state index in [2.05, 4.69) is 98.0 Å². The van der Waals surface area contributed by atoms with Crippen LogP contribution in [0.15, 0.2) is 78.9 Å². The molecule has 0 heterocycles. The number of hydrogen-bond donors (Lipinski definition) is 1. The number of anilines is 2. The number of rotatable bonds is 11. The van der Waals surface area contributed by atoms with E-state index in [1.165, 1.54) is 61.6 Å². The van der Waals surface area contributed by atoms with Crippen molar-refractivity contribution < 1.29 is 0 Å². The maximum atomic E-state index is 3.53. The van der Waals surface area contributed by atoms with E-state index in [1.807, 2.05) is 0 Å². The smallest absolute Gasteiger partial charge is 0.0384 e. The molecule has 0 amide bonds. The molecule has 0 saturated heterocycles. The van der Waals surface area contributed by atoms with Gasteiger partial charge in [0.25, 0.3) is 0 Å². The Morgan fingerprint density at radius 2 is 1.17 bits per heavy atom. The molecule has 3 aromatic rings. The third-order valence-corrected chi connectivity index (χ3v) is 5.77. The zero-order chi connectivity index (χ0) is 20.3. The first-order valence-electron chi connectivity index (χ1n) is 11.3. The SMILES string of the molecule is CCCCCCCCc1ccc(Nc2ccc(C(C)c3ccccc3)cc2)cc1. The highest BCUT2D eigenvalue weighted by molar-refractivity contribution is 5.60. The van der Waals surface area contributed by atoms with E-state index in [-0.39, 0.29) is 0 Å². The van der Waals surface area contributed by atoms with Gasteiger partial charge in [0.05, 0.1) is 0 Å². The summed E-state index contributed by atoms with van der Waals surface area (Å²) < 4.78 is 0. The van der Waals surface area contributed by atoms with Gasteiger partial charge in [-0.05, 0) is 53.8 Å². The van der Waals surface area contributed by atoms with Crippen LogP contribution in [0, 0.1) is 0 Å². The predicted octanol–water partition coefficient (Wildman–Crippen LogP) is 8.49. The largest absolute Gasteiger partial charge is 0.356 e. The second-order valence-electron chi connectivity index (χ2n) is 8.09. The van der Waals surface area contributed by atoms with Crippen LogP contribution in [-0.2, 0) is 6.42 Å². The molecule has 3 aromatic carbocycles. The molecule has 0 radical (unpaired) electrons. The highest BCUT2D eigenvalue weighted by Gasteiger charge is 2.07. The van der Waals surface area contributed by atoms with E-state index in [4.69, 9.17) is 0 Å². The summed E-state index contributed by atoms with van der Waals surface area (Å²) in [5.74, 6) is 0.409. The number of aryl methyl sites for hydroxylation is 1. The second-order valence-corrected chi connectivity index (χ2v) is 8.09. The van der Waals surface area contributed by atoms with Crippen molar-refractivity contribution in [3.05, 3.63) is 95.6 Å². The van der Waals surface area contributed by atoms with Crippen LogP contribution < -0.4 is 5.32 Å². The summed E-state index contributed by atoms with van der Waals surface area (Å²) in [6, 6.07) is 28.4. The lowest BCUT2D eigenvalue weighted by molar-refractivity contribution is 0.607. The lowest BCUT2D eigenvalue weighted by Crippen LogP contribution is -1.96. The van der Waals surface area contributed by atoms with E-state index in [1.54, 1.807) is 0 Å². The summed E-state index contributed by atoms with van der Waals surface area (Å²) >= 11 is 0. The summed E-state index contributed by atoms with van der Waals surface area (Å²) in [4.78, 5) is 0. The predicted molar refractivity (Wildman–Crippen MR) is 127 cm³/mol. The molecule has 1 unspecified atom stereocenters. The Morgan fingerprint density at radius 1 is 0.621 bits per heavy atom. The van der Waals surface area contributed by atoms with Crippen LogP contribution in [0.1, 0.15) is 75.0 Å². The van der Waals surface area contributed by atoms with Crippen molar-refractivity contribution in [3.63, 3.8) is 0 Å². The third kappa shape index (κ3) is 6.78. The molecular formula is C28H35N. The normalized spacial score (nSPS) is 11.9. The first kappa shape index (κ1) is 21.2. The second kappa shape index (κ2) is 11.5. The molecule has 1 heteroatoms. The van der Waals surface area contributed by atoms with Gasteiger partial charge in [-0.15, -0.1) is 0 Å². The Kier molecular flexibility index (Phi) is 8.37. The molecule has 0 fully saturated rings. The van der Waals surface area contributed by atoms with Crippen molar-refractivity contribution in [2.24, 2.45) is 0 Å². The molecule has 0 saturated carbocycles. The number of hydrogen-bond acceptors (Lipinski definition) is 1. The van der Waals surface area contributed by atoms with Crippen LogP contribution in [-0.4, -0.2) is 0 Å². The van der Waals surface area contributed by atoms with E-state index in [0.29, 0.717) is 5.92 Å². The fraction of sp³-hybridized carbons (Fsp3) is 0.357. The molecule has 1 atom stereocenters. The molecule has 1 nitrogen and oxygen atoms in total. The summed E-state index contributed by atoms with van der Waals surface area (Å²) in [6.07, 6.45) is 9.33. The lowest BCUT2D eigenvalue weighted by Gasteiger charge is -2.14. The van der Waals surface area contributed by atoms with Crippen LogP contribution in [0.25, 0.3) is 0 Å². The van der Waals surface area contributed by atoms with Crippen LogP contribution >= 0.6 is 0 Å². The fourth-order valence-electron chi connectivity index (χ4n) is 3.82. The van der Waals surface area contributed by atoms with Crippen molar-refractivity contribution >= 4 is 11.4 Å². The van der Waals surface area contributed by atoms with Crippen molar-refractivity contribution in [1.82, 2.24) is 0 Å². The number of nitrogens with one attached hydrogen (secondary N) is 1. The molecule has 152 valence electrons. The van der Waals surface area contributed by atoms with Gasteiger partial charge in [-0.2, -0.15) is 0 Å². The molecular weight excluding hydrogens is 350 g/mol. The maximum Gasteiger partial charge on any atom is 0.0384 e. The van der Waals surface area contributed by atoms with Gasteiger partial charge in [-0.25, -0.2) is 0 Å². The minimum Gasteiger partial charge on any atom is -0.356 e. The standard InChI is InChI=1S/C28H35N/c1-3-4-5-6-7-9-12-24-15-19-27(20-16-24)29-28-21-17-26(18-22-28)23(2)25-13-10-8-11-14-25/h8,10-11,13-23,29H,3-7,9,12H2,1-2H3. The quantitative estimate of drug-likeness (QED) is 0.326. The van der Waals surface area contributed by atoms with E-state index >= 15 is 0 Å². The van der Waals surface area contributed by atoms with Gasteiger partial charge in [0.2, 0.25) is 0 Å². The van der Waals surface area contributed by atoms with Gasteiger partial charge in [0.15, 0.2) is 0 Å². The Hall–Kier alpha value is -2.54. The van der Waals surface area contributed by atoms with E-state index < -0.39 is 0 Å². The zero-order valence-corrected chi connectivity index (χ0v) is 18.0.